The molecule has 0 unspecified atom stereocenters. The van der Waals surface area contributed by atoms with Crippen LogP contribution in [0.25, 0.3) is 0 Å². The molecule has 0 bridgehead atoms. The molecule has 8 heteroatoms. The van der Waals surface area contributed by atoms with Crippen LogP contribution in [0.5, 0.6) is 5.75 Å². The van der Waals surface area contributed by atoms with Gasteiger partial charge >= 0.3 is 0 Å². The summed E-state index contributed by atoms with van der Waals surface area (Å²) < 4.78 is 5.50. The van der Waals surface area contributed by atoms with Gasteiger partial charge in [0.25, 0.3) is 11.8 Å². The molecule has 0 atom stereocenters. The van der Waals surface area contributed by atoms with E-state index in [9.17, 15) is 9.59 Å². The summed E-state index contributed by atoms with van der Waals surface area (Å²) in [6.07, 6.45) is 0. The van der Waals surface area contributed by atoms with Gasteiger partial charge in [0, 0.05) is 15.7 Å². The molecule has 0 aromatic heterocycles. The Bertz CT molecular complexity index is 907. The number of amides is 2. The van der Waals surface area contributed by atoms with E-state index < -0.39 is 11.8 Å². The number of rotatable bonds is 5. The molecule has 2 aromatic carbocycles. The summed E-state index contributed by atoms with van der Waals surface area (Å²) in [4.78, 5) is 26.4. The van der Waals surface area contributed by atoms with Crippen molar-refractivity contribution >= 4 is 58.0 Å². The highest BCUT2D eigenvalue weighted by molar-refractivity contribution is 6.53. The number of hydrogen-bond acceptors (Lipinski definition) is 4. The zero-order valence-electron chi connectivity index (χ0n) is 13.6. The molecule has 0 fully saturated rings. The van der Waals surface area contributed by atoms with Crippen molar-refractivity contribution in [1.29, 1.82) is 0 Å². The van der Waals surface area contributed by atoms with Crippen molar-refractivity contribution in [3.63, 3.8) is 0 Å². The molecule has 1 N–H and O–H groups in total. The predicted molar refractivity (Wildman–Crippen MR) is 103 cm³/mol. The lowest BCUT2D eigenvalue weighted by atomic mass is 10.2. The number of carbonyl (C=O) groups is 2. The standard InChI is InChI=1S/C18H13Cl3N2O3/c1-2-26-14-6-4-3-5-13(14)23-17(24)15(21)16(18(23)25)22-12-8-10(19)7-11(20)9-12/h3-9,22H,2H2,1H3. The first-order valence-corrected chi connectivity index (χ1v) is 8.79. The van der Waals surface area contributed by atoms with Gasteiger partial charge in [-0.2, -0.15) is 0 Å². The molecule has 0 radical (unpaired) electrons. The van der Waals surface area contributed by atoms with E-state index in [1.165, 1.54) is 0 Å². The van der Waals surface area contributed by atoms with Gasteiger partial charge in [-0.25, -0.2) is 4.90 Å². The zero-order valence-corrected chi connectivity index (χ0v) is 15.8. The minimum Gasteiger partial charge on any atom is -0.492 e. The molecule has 2 aromatic rings. The number of nitrogens with zero attached hydrogens (tertiary/aromatic N) is 1. The van der Waals surface area contributed by atoms with Crippen LogP contribution < -0.4 is 15.0 Å². The molecule has 134 valence electrons. The Kier molecular flexibility index (Phi) is 5.41. The van der Waals surface area contributed by atoms with Crippen molar-refractivity contribution in [3.8, 4) is 5.75 Å². The number of nitrogens with one attached hydrogen (secondary N) is 1. The maximum absolute atomic E-state index is 12.8. The van der Waals surface area contributed by atoms with Gasteiger partial charge in [0.2, 0.25) is 0 Å². The highest BCUT2D eigenvalue weighted by Gasteiger charge is 2.40. The fraction of sp³-hybridized carbons (Fsp3) is 0.111. The number of ether oxygens (including phenoxy) is 1. The molecule has 3 rings (SSSR count). The Hall–Kier alpha value is -2.21. The second-order valence-electron chi connectivity index (χ2n) is 5.32. The molecule has 1 heterocycles. The molecule has 2 amide bonds. The highest BCUT2D eigenvalue weighted by atomic mass is 35.5. The first-order valence-electron chi connectivity index (χ1n) is 7.66. The maximum Gasteiger partial charge on any atom is 0.283 e. The minimum absolute atomic E-state index is 0.0544. The van der Waals surface area contributed by atoms with Gasteiger partial charge < -0.3 is 10.1 Å². The van der Waals surface area contributed by atoms with E-state index in [1.807, 2.05) is 6.92 Å². The Balaban J connectivity index is 1.95. The molecular formula is C18H13Cl3N2O3. The van der Waals surface area contributed by atoms with Gasteiger partial charge in [0.05, 0.1) is 12.3 Å². The summed E-state index contributed by atoms with van der Waals surface area (Å²) in [6.45, 7) is 2.20. The fourth-order valence-electron chi connectivity index (χ4n) is 2.52. The van der Waals surface area contributed by atoms with Crippen molar-refractivity contribution in [1.82, 2.24) is 0 Å². The normalized spacial score (nSPS) is 14.2. The number of benzene rings is 2. The minimum atomic E-state index is -0.639. The summed E-state index contributed by atoms with van der Waals surface area (Å²) in [5.41, 5.74) is 0.710. The van der Waals surface area contributed by atoms with E-state index in [0.29, 0.717) is 33.8 Å². The van der Waals surface area contributed by atoms with E-state index in [4.69, 9.17) is 39.5 Å². The third kappa shape index (κ3) is 3.51. The first kappa shape index (κ1) is 18.6. The van der Waals surface area contributed by atoms with Crippen molar-refractivity contribution in [2.45, 2.75) is 6.92 Å². The average molecular weight is 412 g/mol. The van der Waals surface area contributed by atoms with E-state index in [-0.39, 0.29) is 10.7 Å². The van der Waals surface area contributed by atoms with Crippen molar-refractivity contribution < 1.29 is 14.3 Å². The summed E-state index contributed by atoms with van der Waals surface area (Å²) in [6, 6.07) is 11.4. The largest absolute Gasteiger partial charge is 0.492 e. The van der Waals surface area contributed by atoms with E-state index in [0.717, 1.165) is 4.90 Å². The van der Waals surface area contributed by atoms with Crippen molar-refractivity contribution in [3.05, 3.63) is 63.2 Å². The SMILES string of the molecule is CCOc1ccccc1N1C(=O)C(Cl)=C(Nc2cc(Cl)cc(Cl)c2)C1=O. The molecular weight excluding hydrogens is 399 g/mol. The predicted octanol–water partition coefficient (Wildman–Crippen LogP) is 4.83. The third-order valence-corrected chi connectivity index (χ3v) is 4.35. The van der Waals surface area contributed by atoms with Gasteiger partial charge in [0.15, 0.2) is 0 Å². The van der Waals surface area contributed by atoms with Crippen LogP contribution in [0.15, 0.2) is 53.2 Å². The Morgan fingerprint density at radius 2 is 1.65 bits per heavy atom. The van der Waals surface area contributed by atoms with Crippen LogP contribution in [0.2, 0.25) is 10.0 Å². The van der Waals surface area contributed by atoms with Crippen molar-refractivity contribution in [2.75, 3.05) is 16.8 Å². The van der Waals surface area contributed by atoms with Gasteiger partial charge in [-0.3, -0.25) is 9.59 Å². The number of imide groups is 1. The van der Waals surface area contributed by atoms with Crippen LogP contribution in [-0.2, 0) is 9.59 Å². The van der Waals surface area contributed by atoms with Crippen LogP contribution in [0.3, 0.4) is 0 Å². The second-order valence-corrected chi connectivity index (χ2v) is 6.57. The molecule has 1 aliphatic heterocycles. The first-order chi connectivity index (χ1) is 12.4. The smallest absolute Gasteiger partial charge is 0.283 e. The van der Waals surface area contributed by atoms with Gasteiger partial charge in [0.1, 0.15) is 16.5 Å². The van der Waals surface area contributed by atoms with E-state index in [2.05, 4.69) is 5.32 Å². The van der Waals surface area contributed by atoms with Gasteiger partial charge in [-0.05, 0) is 37.3 Å². The summed E-state index contributed by atoms with van der Waals surface area (Å²) in [5, 5.41) is 3.37. The molecule has 0 aliphatic carbocycles. The number of para-hydroxylation sites is 2. The van der Waals surface area contributed by atoms with Crippen LogP contribution in [0.4, 0.5) is 11.4 Å². The van der Waals surface area contributed by atoms with E-state index in [1.54, 1.807) is 42.5 Å². The number of anilines is 2. The quantitative estimate of drug-likeness (QED) is 0.716. The molecule has 0 saturated carbocycles. The van der Waals surface area contributed by atoms with Crippen LogP contribution in [0.1, 0.15) is 6.92 Å². The van der Waals surface area contributed by atoms with Crippen molar-refractivity contribution in [2.24, 2.45) is 0 Å². The fourth-order valence-corrected chi connectivity index (χ4v) is 3.26. The topological polar surface area (TPSA) is 58.6 Å². The van der Waals surface area contributed by atoms with Gasteiger partial charge in [-0.1, -0.05) is 46.9 Å². The Labute approximate surface area is 165 Å². The molecule has 26 heavy (non-hydrogen) atoms. The molecule has 0 spiro atoms. The van der Waals surface area contributed by atoms with E-state index >= 15 is 0 Å². The van der Waals surface area contributed by atoms with Gasteiger partial charge in [-0.15, -0.1) is 0 Å². The Morgan fingerprint density at radius 3 is 2.31 bits per heavy atom. The molecule has 1 aliphatic rings. The molecule has 0 saturated heterocycles. The lowest BCUT2D eigenvalue weighted by Crippen LogP contribution is -2.32. The molecule has 5 nitrogen and oxygen atoms in total. The summed E-state index contributed by atoms with van der Waals surface area (Å²) in [5.74, 6) is -0.823. The number of halogens is 3. The maximum atomic E-state index is 12.8. The summed E-state index contributed by atoms with van der Waals surface area (Å²) in [7, 11) is 0. The monoisotopic (exact) mass is 410 g/mol. The van der Waals surface area contributed by atoms with Crippen LogP contribution in [0, 0.1) is 0 Å². The Morgan fingerprint density at radius 1 is 1.00 bits per heavy atom. The highest BCUT2D eigenvalue weighted by Crippen LogP contribution is 2.36. The number of carbonyl (C=O) groups excluding carboxylic acids is 2. The average Bonchev–Trinajstić information content (AvgIpc) is 2.79. The second kappa shape index (κ2) is 7.58. The summed E-state index contributed by atoms with van der Waals surface area (Å²) >= 11 is 18.1. The lowest BCUT2D eigenvalue weighted by Gasteiger charge is -2.18. The lowest BCUT2D eigenvalue weighted by molar-refractivity contribution is -0.120. The van der Waals surface area contributed by atoms with Crippen LogP contribution in [-0.4, -0.2) is 18.4 Å². The zero-order chi connectivity index (χ0) is 18.8. The third-order valence-electron chi connectivity index (χ3n) is 3.57. The number of hydrogen-bond donors (Lipinski definition) is 1. The van der Waals surface area contributed by atoms with Crippen LogP contribution >= 0.6 is 34.8 Å².